The first-order valence-corrected chi connectivity index (χ1v) is 9.39. The Morgan fingerprint density at radius 2 is 1.71 bits per heavy atom. The highest BCUT2D eigenvalue weighted by Crippen LogP contribution is 2.32. The zero-order valence-electron chi connectivity index (χ0n) is 17.0. The number of allylic oxidation sites excluding steroid dienone is 1. The van der Waals surface area contributed by atoms with Gasteiger partial charge in [0.05, 0.1) is 5.69 Å². The first-order valence-electron chi connectivity index (χ1n) is 9.39. The molecule has 2 nitrogen and oxygen atoms in total. The van der Waals surface area contributed by atoms with Crippen LogP contribution in [-0.4, -0.2) is 12.0 Å². The van der Waals surface area contributed by atoms with Crippen LogP contribution in [0, 0.1) is 19.3 Å². The molecule has 0 amide bonds. The number of aromatic nitrogens is 1. The molecule has 3 aromatic rings. The highest BCUT2D eigenvalue weighted by molar-refractivity contribution is 5.82. The van der Waals surface area contributed by atoms with E-state index >= 15 is 0 Å². The summed E-state index contributed by atoms with van der Waals surface area (Å²) in [7, 11) is 1.50. The molecule has 0 spiro atoms. The highest BCUT2D eigenvalue weighted by Gasteiger charge is 2.11. The highest BCUT2D eigenvalue weighted by atomic mass is 14.7. The Morgan fingerprint density at radius 3 is 2.36 bits per heavy atom. The number of hydrogen-bond donors (Lipinski definition) is 1. The number of aryl methyl sites for hydroxylation is 1. The molecule has 2 heteroatoms. The number of nitrogens with zero attached hydrogens (tertiary/aromatic N) is 1. The van der Waals surface area contributed by atoms with Crippen LogP contribution in [0.3, 0.4) is 0 Å². The number of hydrogen-bond acceptors (Lipinski definition) is 2. The number of terminal acetylenes is 1. The summed E-state index contributed by atoms with van der Waals surface area (Å²) in [6.07, 6.45) is 7.03. The molecule has 0 atom stereocenters. The van der Waals surface area contributed by atoms with E-state index in [1.165, 1.54) is 29.3 Å². The summed E-state index contributed by atoms with van der Waals surface area (Å²) in [5.41, 5.74) is 13.6. The van der Waals surface area contributed by atoms with E-state index in [0.29, 0.717) is 6.42 Å². The summed E-state index contributed by atoms with van der Waals surface area (Å²) < 4.78 is 0. The second-order valence-electron chi connectivity index (χ2n) is 6.71. The van der Waals surface area contributed by atoms with E-state index in [1.807, 2.05) is 13.0 Å². The fourth-order valence-corrected chi connectivity index (χ4v) is 3.22. The van der Waals surface area contributed by atoms with Crippen LogP contribution in [0.25, 0.3) is 22.4 Å². The van der Waals surface area contributed by atoms with Crippen LogP contribution in [0.5, 0.6) is 0 Å². The Labute approximate surface area is 169 Å². The Morgan fingerprint density at radius 1 is 1.00 bits per heavy atom. The third kappa shape index (κ3) is 5.19. The van der Waals surface area contributed by atoms with Crippen molar-refractivity contribution in [1.82, 2.24) is 4.98 Å². The van der Waals surface area contributed by atoms with E-state index in [2.05, 4.69) is 79.8 Å². The summed E-state index contributed by atoms with van der Waals surface area (Å²) in [5.74, 6) is 2.76. The first-order chi connectivity index (χ1) is 13.6. The summed E-state index contributed by atoms with van der Waals surface area (Å²) in [4.78, 5) is 4.71. The van der Waals surface area contributed by atoms with Crippen molar-refractivity contribution >= 4 is 0 Å². The Hall–Kier alpha value is -3.15. The van der Waals surface area contributed by atoms with Crippen molar-refractivity contribution in [1.29, 1.82) is 0 Å². The topological polar surface area (TPSA) is 38.9 Å². The van der Waals surface area contributed by atoms with Crippen molar-refractivity contribution in [2.24, 2.45) is 5.73 Å². The van der Waals surface area contributed by atoms with Gasteiger partial charge >= 0.3 is 0 Å². The Balaban J connectivity index is 0.00000136. The fraction of sp³-hybridized carbons (Fsp3) is 0.192. The van der Waals surface area contributed by atoms with E-state index in [0.717, 1.165) is 28.9 Å². The molecule has 0 radical (unpaired) electrons. The molecule has 2 N–H and O–H groups in total. The van der Waals surface area contributed by atoms with Crippen LogP contribution in [0.1, 0.15) is 23.7 Å². The van der Waals surface area contributed by atoms with E-state index in [-0.39, 0.29) is 0 Å². The van der Waals surface area contributed by atoms with Crippen molar-refractivity contribution < 1.29 is 0 Å². The van der Waals surface area contributed by atoms with Crippen LogP contribution in [-0.2, 0) is 12.8 Å². The lowest BCUT2D eigenvalue weighted by Gasteiger charge is -2.14. The molecule has 0 aliphatic carbocycles. The van der Waals surface area contributed by atoms with Gasteiger partial charge in [-0.3, -0.25) is 4.98 Å². The molecule has 1 heterocycles. The number of benzene rings is 2. The van der Waals surface area contributed by atoms with Crippen LogP contribution in [0.15, 0.2) is 72.8 Å². The quantitative estimate of drug-likeness (QED) is 0.471. The van der Waals surface area contributed by atoms with Crippen LogP contribution < -0.4 is 5.73 Å². The predicted octanol–water partition coefficient (Wildman–Crippen LogP) is 5.59. The van der Waals surface area contributed by atoms with E-state index in [9.17, 15) is 0 Å². The average molecular weight is 369 g/mol. The first kappa shape index (κ1) is 21.2. The standard InChI is InChI=1S/C25H23N.CH5N/c1-5-9-20-14-15-21(17-22(20)16-18(2)3)23-11-6-7-12-24(23)25-13-8-10-19(4)26-25;1-2/h1,6-8,10-15,17H,2,9,16H2,3-4H3;2H2,1H3. The average Bonchev–Trinajstić information content (AvgIpc) is 2.70. The van der Waals surface area contributed by atoms with Gasteiger partial charge in [0.25, 0.3) is 0 Å². The van der Waals surface area contributed by atoms with Crippen molar-refractivity contribution in [3.05, 3.63) is 89.6 Å². The molecule has 0 bridgehead atoms. The number of rotatable bonds is 5. The maximum atomic E-state index is 5.54. The smallest absolute Gasteiger partial charge is 0.0711 e. The lowest BCUT2D eigenvalue weighted by atomic mass is 9.91. The van der Waals surface area contributed by atoms with E-state index in [4.69, 9.17) is 11.4 Å². The molecular weight excluding hydrogens is 340 g/mol. The molecule has 1 aromatic heterocycles. The minimum absolute atomic E-state index is 0.643. The lowest BCUT2D eigenvalue weighted by molar-refractivity contribution is 1.10. The molecular formula is C26H28N2. The van der Waals surface area contributed by atoms with Crippen molar-refractivity contribution in [2.75, 3.05) is 7.05 Å². The second kappa shape index (κ2) is 10.3. The normalized spacial score (nSPS) is 9.82. The van der Waals surface area contributed by atoms with Crippen LogP contribution in [0.4, 0.5) is 0 Å². The van der Waals surface area contributed by atoms with Crippen LogP contribution >= 0.6 is 0 Å². The van der Waals surface area contributed by atoms with E-state index in [1.54, 1.807) is 0 Å². The predicted molar refractivity (Wildman–Crippen MR) is 121 cm³/mol. The van der Waals surface area contributed by atoms with Crippen molar-refractivity contribution in [3.8, 4) is 34.7 Å². The molecule has 0 saturated heterocycles. The summed E-state index contributed by atoms with van der Waals surface area (Å²) in [5, 5.41) is 0. The minimum Gasteiger partial charge on any atom is -0.333 e. The maximum Gasteiger partial charge on any atom is 0.0711 e. The molecule has 142 valence electrons. The zero-order valence-corrected chi connectivity index (χ0v) is 17.0. The van der Waals surface area contributed by atoms with Gasteiger partial charge in [0, 0.05) is 17.7 Å². The van der Waals surface area contributed by atoms with E-state index < -0.39 is 0 Å². The molecule has 0 aliphatic heterocycles. The number of pyridine rings is 1. The zero-order chi connectivity index (χ0) is 20.5. The molecule has 0 unspecified atom stereocenters. The van der Waals surface area contributed by atoms with Crippen molar-refractivity contribution in [2.45, 2.75) is 26.7 Å². The number of nitrogens with two attached hydrogens (primary N) is 1. The molecule has 2 aromatic carbocycles. The van der Waals surface area contributed by atoms with Gasteiger partial charge in [0.15, 0.2) is 0 Å². The largest absolute Gasteiger partial charge is 0.333 e. The third-order valence-electron chi connectivity index (χ3n) is 4.39. The maximum absolute atomic E-state index is 5.54. The molecule has 0 aliphatic rings. The Kier molecular flexibility index (Phi) is 7.75. The van der Waals surface area contributed by atoms with Gasteiger partial charge in [-0.05, 0) is 61.7 Å². The van der Waals surface area contributed by atoms with Gasteiger partial charge in [0.2, 0.25) is 0 Å². The summed E-state index contributed by atoms with van der Waals surface area (Å²) >= 11 is 0. The summed E-state index contributed by atoms with van der Waals surface area (Å²) in [6.45, 7) is 8.14. The minimum atomic E-state index is 0.643. The Bertz CT molecular complexity index is 993. The molecule has 0 fully saturated rings. The fourth-order valence-electron chi connectivity index (χ4n) is 3.22. The lowest BCUT2D eigenvalue weighted by Crippen LogP contribution is -1.96. The SMILES string of the molecule is C#CCc1ccc(-c2ccccc2-c2cccc(C)n2)cc1CC(=C)C.CN. The van der Waals surface area contributed by atoms with Gasteiger partial charge in [-0.1, -0.05) is 60.7 Å². The van der Waals surface area contributed by atoms with Gasteiger partial charge in [-0.25, -0.2) is 0 Å². The van der Waals surface area contributed by atoms with Crippen molar-refractivity contribution in [3.63, 3.8) is 0 Å². The van der Waals surface area contributed by atoms with Gasteiger partial charge in [-0.15, -0.1) is 12.3 Å². The second-order valence-corrected chi connectivity index (χ2v) is 6.71. The summed E-state index contributed by atoms with van der Waals surface area (Å²) in [6, 6.07) is 21.1. The molecule has 3 rings (SSSR count). The van der Waals surface area contributed by atoms with Gasteiger partial charge < -0.3 is 5.73 Å². The monoisotopic (exact) mass is 368 g/mol. The van der Waals surface area contributed by atoms with Gasteiger partial charge in [-0.2, -0.15) is 0 Å². The van der Waals surface area contributed by atoms with Crippen LogP contribution in [0.2, 0.25) is 0 Å². The molecule has 0 saturated carbocycles. The van der Waals surface area contributed by atoms with Gasteiger partial charge in [0.1, 0.15) is 0 Å². The third-order valence-corrected chi connectivity index (χ3v) is 4.39. The molecule has 28 heavy (non-hydrogen) atoms.